The van der Waals surface area contributed by atoms with Gasteiger partial charge in [0.05, 0.1) is 27.9 Å². The number of carbonyl (C=O) groups excluding carboxylic acids is 2. The van der Waals surface area contributed by atoms with Crippen molar-refractivity contribution in [3.8, 4) is 0 Å². The number of halogens is 1. The summed E-state index contributed by atoms with van der Waals surface area (Å²) in [5, 5.41) is 25.0. The standard InChI is InChI=1S/C20H19ClN6O4S/c1-12-5-3-4-6-14(12)19(29)22-10-17-24-25-20(26(17)2)32-11-18(28)23-16-9-13(27(30)31)7-8-15(16)21/h3-9H,10-11H2,1-2H3,(H,22,29)(H,23,28). The second-order valence-corrected chi connectivity index (χ2v) is 8.06. The van der Waals surface area contributed by atoms with Crippen LogP contribution in [-0.2, 0) is 18.4 Å². The Morgan fingerprint density at radius 3 is 2.69 bits per heavy atom. The predicted octanol–water partition coefficient (Wildman–Crippen LogP) is 3.35. The number of non-ortho nitro benzene ring substituents is 1. The number of thioether (sulfide) groups is 1. The second-order valence-electron chi connectivity index (χ2n) is 6.71. The maximum atomic E-state index is 12.4. The van der Waals surface area contributed by atoms with Crippen molar-refractivity contribution < 1.29 is 14.5 Å². The molecule has 0 fully saturated rings. The molecule has 2 aromatic carbocycles. The third kappa shape index (κ3) is 5.62. The SMILES string of the molecule is Cc1ccccc1C(=O)NCc1nnc(SCC(=O)Nc2cc([N+](=O)[O-])ccc2Cl)n1C. The lowest BCUT2D eigenvalue weighted by Crippen LogP contribution is -2.25. The third-order valence-electron chi connectivity index (χ3n) is 4.49. The zero-order valence-electron chi connectivity index (χ0n) is 17.2. The topological polar surface area (TPSA) is 132 Å². The number of aryl methyl sites for hydroxylation is 1. The van der Waals surface area contributed by atoms with Gasteiger partial charge in [0, 0.05) is 24.7 Å². The molecule has 2 N–H and O–H groups in total. The molecule has 0 radical (unpaired) electrons. The second kappa shape index (κ2) is 10.2. The van der Waals surface area contributed by atoms with Gasteiger partial charge in [-0.3, -0.25) is 19.7 Å². The first-order valence-electron chi connectivity index (χ1n) is 9.35. The van der Waals surface area contributed by atoms with Crippen LogP contribution in [0.2, 0.25) is 5.02 Å². The molecule has 10 nitrogen and oxygen atoms in total. The van der Waals surface area contributed by atoms with Gasteiger partial charge < -0.3 is 15.2 Å². The number of hydrogen-bond acceptors (Lipinski definition) is 7. The fourth-order valence-electron chi connectivity index (χ4n) is 2.75. The van der Waals surface area contributed by atoms with Crippen molar-refractivity contribution in [2.75, 3.05) is 11.1 Å². The summed E-state index contributed by atoms with van der Waals surface area (Å²) in [7, 11) is 1.73. The van der Waals surface area contributed by atoms with E-state index in [1.54, 1.807) is 23.7 Å². The molecule has 3 aromatic rings. The van der Waals surface area contributed by atoms with Gasteiger partial charge in [0.15, 0.2) is 11.0 Å². The highest BCUT2D eigenvalue weighted by molar-refractivity contribution is 7.99. The molecule has 3 rings (SSSR count). The number of amides is 2. The van der Waals surface area contributed by atoms with Crippen LogP contribution in [0.3, 0.4) is 0 Å². The minimum Gasteiger partial charge on any atom is -0.345 e. The van der Waals surface area contributed by atoms with E-state index in [0.717, 1.165) is 17.3 Å². The predicted molar refractivity (Wildman–Crippen MR) is 121 cm³/mol. The largest absolute Gasteiger partial charge is 0.345 e. The molecule has 0 atom stereocenters. The van der Waals surface area contributed by atoms with Gasteiger partial charge in [0.25, 0.3) is 11.6 Å². The number of carbonyl (C=O) groups is 2. The van der Waals surface area contributed by atoms with E-state index in [1.807, 2.05) is 19.1 Å². The molecule has 166 valence electrons. The summed E-state index contributed by atoms with van der Waals surface area (Å²) >= 11 is 7.13. The van der Waals surface area contributed by atoms with Crippen LogP contribution < -0.4 is 10.6 Å². The number of anilines is 1. The molecular weight excluding hydrogens is 456 g/mol. The van der Waals surface area contributed by atoms with E-state index in [-0.39, 0.29) is 34.6 Å². The van der Waals surface area contributed by atoms with Crippen molar-refractivity contribution in [1.29, 1.82) is 0 Å². The maximum Gasteiger partial charge on any atom is 0.271 e. The fourth-order valence-corrected chi connectivity index (χ4v) is 3.64. The first-order valence-corrected chi connectivity index (χ1v) is 10.7. The highest BCUT2D eigenvalue weighted by atomic mass is 35.5. The highest BCUT2D eigenvalue weighted by Crippen LogP contribution is 2.27. The van der Waals surface area contributed by atoms with Crippen molar-refractivity contribution in [2.45, 2.75) is 18.6 Å². The van der Waals surface area contributed by atoms with Gasteiger partial charge in [0.2, 0.25) is 5.91 Å². The maximum absolute atomic E-state index is 12.4. The number of hydrogen-bond donors (Lipinski definition) is 2. The zero-order valence-corrected chi connectivity index (χ0v) is 18.7. The van der Waals surface area contributed by atoms with E-state index in [9.17, 15) is 19.7 Å². The molecule has 0 aliphatic carbocycles. The van der Waals surface area contributed by atoms with Gasteiger partial charge in [-0.2, -0.15) is 0 Å². The fraction of sp³-hybridized carbons (Fsp3) is 0.200. The number of nitrogens with one attached hydrogen (secondary N) is 2. The van der Waals surface area contributed by atoms with Crippen LogP contribution in [0, 0.1) is 17.0 Å². The lowest BCUT2D eigenvalue weighted by Gasteiger charge is -2.08. The zero-order chi connectivity index (χ0) is 23.3. The molecule has 0 aliphatic heterocycles. The summed E-state index contributed by atoms with van der Waals surface area (Å²) < 4.78 is 1.68. The minimum atomic E-state index is -0.570. The Kier molecular flexibility index (Phi) is 7.44. The van der Waals surface area contributed by atoms with Crippen molar-refractivity contribution in [3.63, 3.8) is 0 Å². The summed E-state index contributed by atoms with van der Waals surface area (Å²) in [6.45, 7) is 2.03. The van der Waals surface area contributed by atoms with Gasteiger partial charge >= 0.3 is 0 Å². The molecule has 1 aromatic heterocycles. The third-order valence-corrected chi connectivity index (χ3v) is 5.84. The van der Waals surface area contributed by atoms with Crippen LogP contribution in [0.1, 0.15) is 21.7 Å². The number of rotatable bonds is 8. The van der Waals surface area contributed by atoms with Crippen molar-refractivity contribution in [1.82, 2.24) is 20.1 Å². The monoisotopic (exact) mass is 474 g/mol. The van der Waals surface area contributed by atoms with Crippen molar-refractivity contribution in [3.05, 3.63) is 74.6 Å². The van der Waals surface area contributed by atoms with Gasteiger partial charge in [-0.05, 0) is 24.6 Å². The minimum absolute atomic E-state index is 0.0133. The van der Waals surface area contributed by atoms with E-state index < -0.39 is 10.8 Å². The van der Waals surface area contributed by atoms with Crippen molar-refractivity contribution in [2.24, 2.45) is 7.05 Å². The average molecular weight is 475 g/mol. The summed E-state index contributed by atoms with van der Waals surface area (Å²) in [5.41, 5.74) is 1.43. The summed E-state index contributed by atoms with van der Waals surface area (Å²) in [6, 6.07) is 11.1. The molecule has 0 saturated carbocycles. The lowest BCUT2D eigenvalue weighted by atomic mass is 10.1. The van der Waals surface area contributed by atoms with Crippen LogP contribution in [0.25, 0.3) is 0 Å². The van der Waals surface area contributed by atoms with Gasteiger partial charge in [-0.1, -0.05) is 41.6 Å². The van der Waals surface area contributed by atoms with E-state index in [1.165, 1.54) is 18.2 Å². The smallest absolute Gasteiger partial charge is 0.271 e. The Labute approximate surface area is 192 Å². The Balaban J connectivity index is 1.56. The number of nitro groups is 1. The molecule has 0 spiro atoms. The van der Waals surface area contributed by atoms with E-state index in [4.69, 9.17) is 11.6 Å². The number of nitro benzene ring substituents is 1. The molecule has 0 unspecified atom stereocenters. The molecule has 32 heavy (non-hydrogen) atoms. The Morgan fingerprint density at radius 2 is 1.97 bits per heavy atom. The number of benzene rings is 2. The van der Waals surface area contributed by atoms with E-state index >= 15 is 0 Å². The van der Waals surface area contributed by atoms with Crippen LogP contribution in [0.15, 0.2) is 47.6 Å². The summed E-state index contributed by atoms with van der Waals surface area (Å²) in [6.07, 6.45) is 0. The normalized spacial score (nSPS) is 10.6. The number of aromatic nitrogens is 3. The molecule has 0 saturated heterocycles. The van der Waals surface area contributed by atoms with Gasteiger partial charge in [-0.25, -0.2) is 0 Å². The first-order chi connectivity index (χ1) is 15.3. The van der Waals surface area contributed by atoms with E-state index in [2.05, 4.69) is 20.8 Å². The Morgan fingerprint density at radius 1 is 1.22 bits per heavy atom. The molecule has 2 amide bonds. The van der Waals surface area contributed by atoms with Crippen LogP contribution >= 0.6 is 23.4 Å². The Hall–Kier alpha value is -3.44. The lowest BCUT2D eigenvalue weighted by molar-refractivity contribution is -0.384. The van der Waals surface area contributed by atoms with Crippen LogP contribution in [-0.4, -0.2) is 37.3 Å². The summed E-state index contributed by atoms with van der Waals surface area (Å²) in [4.78, 5) is 35.0. The summed E-state index contributed by atoms with van der Waals surface area (Å²) in [5.74, 6) is -0.111. The average Bonchev–Trinajstić information content (AvgIpc) is 3.11. The first kappa shape index (κ1) is 23.2. The molecule has 0 bridgehead atoms. The molecule has 1 heterocycles. The Bertz CT molecular complexity index is 1180. The van der Waals surface area contributed by atoms with Gasteiger partial charge in [-0.15, -0.1) is 10.2 Å². The quantitative estimate of drug-likeness (QED) is 0.290. The van der Waals surface area contributed by atoms with E-state index in [0.29, 0.717) is 16.5 Å². The molecular formula is C20H19ClN6O4S. The molecule has 0 aliphatic rings. The van der Waals surface area contributed by atoms with Crippen LogP contribution in [0.5, 0.6) is 0 Å². The molecule has 12 heteroatoms. The van der Waals surface area contributed by atoms with Gasteiger partial charge in [0.1, 0.15) is 0 Å². The van der Waals surface area contributed by atoms with Crippen molar-refractivity contribution >= 4 is 46.6 Å². The highest BCUT2D eigenvalue weighted by Gasteiger charge is 2.16. The number of nitrogens with zero attached hydrogens (tertiary/aromatic N) is 4. The van der Waals surface area contributed by atoms with Crippen LogP contribution in [0.4, 0.5) is 11.4 Å².